The van der Waals surface area contributed by atoms with E-state index in [0.29, 0.717) is 10.3 Å². The molecular weight excluding hydrogens is 606 g/mol. The van der Waals surface area contributed by atoms with E-state index in [2.05, 4.69) is 25.7 Å². The van der Waals surface area contributed by atoms with Crippen LogP contribution in [0.3, 0.4) is 0 Å². The number of nitrogens with zero attached hydrogens (tertiary/aromatic N) is 5. The van der Waals surface area contributed by atoms with Gasteiger partial charge < -0.3 is 1.43 Å². The van der Waals surface area contributed by atoms with Crippen LogP contribution in [0.25, 0.3) is 0 Å². The van der Waals surface area contributed by atoms with Crippen LogP contribution in [0.5, 0.6) is 0 Å². The minimum absolute atomic E-state index is 0. The van der Waals surface area contributed by atoms with Gasteiger partial charge in [0.2, 0.25) is 0 Å². The number of hydrogen-bond acceptors (Lipinski definition) is 12. The number of aliphatic carboxylic acids is 1. The van der Waals surface area contributed by atoms with Gasteiger partial charge in [-0.2, -0.15) is 0 Å². The van der Waals surface area contributed by atoms with E-state index in [4.69, 9.17) is 10.6 Å². The average Bonchev–Trinajstić information content (AvgIpc) is 3.28. The number of nitrogens with two attached hydrogens (primary N) is 1. The summed E-state index contributed by atoms with van der Waals surface area (Å²) >= 11 is 2.10. The number of β-lactam (4-membered cyclic amide) rings is 1. The summed E-state index contributed by atoms with van der Waals surface area (Å²) in [5, 5.41) is 21.6. The maximum absolute atomic E-state index is 12.9. The summed E-state index contributed by atoms with van der Waals surface area (Å²) in [6.45, 7) is 0. The molecular formula is C18H19N8NaO7S2Se. The number of carboxylic acids is 1. The molecule has 2 aromatic heterocycles. The summed E-state index contributed by atoms with van der Waals surface area (Å²) in [5.41, 5.74) is 4.34. The Hall–Kier alpha value is -2.34. The maximum Gasteiger partial charge on any atom is 1.00 e. The van der Waals surface area contributed by atoms with Crippen LogP contribution >= 0.6 is 23.5 Å². The number of carboxylic acid groups (broad SMARTS) is 1. The van der Waals surface area contributed by atoms with Crippen LogP contribution in [0.1, 0.15) is 7.12 Å². The number of hydrogen-bond donors (Lipinski definition) is 4. The number of rotatable bonds is 8. The zero-order valence-corrected chi connectivity index (χ0v) is 24.9. The molecule has 0 aromatic carbocycles. The SMILES string of the molecule is CO/N=C(\C(=O)N[C@@H]1C(=O)N2C(C(=O)O)=C(CSc3n[nH]c(=O)c(=O)n3C)CS[C@H]12)c1c[se]c(N)n1.[H-].[Na+]. The van der Waals surface area contributed by atoms with E-state index in [-0.39, 0.29) is 79.3 Å². The van der Waals surface area contributed by atoms with Crippen LogP contribution in [0.15, 0.2) is 36.1 Å². The van der Waals surface area contributed by atoms with E-state index in [1.165, 1.54) is 25.9 Å². The van der Waals surface area contributed by atoms with Crippen molar-refractivity contribution in [2.45, 2.75) is 16.6 Å². The molecule has 1 fully saturated rings. The van der Waals surface area contributed by atoms with Crippen molar-refractivity contribution in [1.82, 2.24) is 30.0 Å². The molecule has 0 bridgehead atoms. The van der Waals surface area contributed by atoms with Gasteiger partial charge >= 0.3 is 209 Å². The van der Waals surface area contributed by atoms with Crippen molar-refractivity contribution in [1.29, 1.82) is 0 Å². The molecule has 0 radical (unpaired) electrons. The van der Waals surface area contributed by atoms with Crippen LogP contribution in [0, 0.1) is 0 Å². The van der Waals surface area contributed by atoms with E-state index in [9.17, 15) is 29.1 Å². The Morgan fingerprint density at radius 1 is 1.46 bits per heavy atom. The average molecular weight is 625 g/mol. The van der Waals surface area contributed by atoms with E-state index in [0.717, 1.165) is 21.2 Å². The Morgan fingerprint density at radius 3 is 2.81 bits per heavy atom. The fourth-order valence-corrected chi connectivity index (χ4v) is 6.99. The van der Waals surface area contributed by atoms with E-state index >= 15 is 0 Å². The molecule has 4 heterocycles. The van der Waals surface area contributed by atoms with Gasteiger partial charge in [0.25, 0.3) is 0 Å². The van der Waals surface area contributed by atoms with Crippen molar-refractivity contribution in [2.24, 2.45) is 12.2 Å². The maximum atomic E-state index is 12.9. The van der Waals surface area contributed by atoms with Crippen LogP contribution in [-0.2, 0) is 26.3 Å². The fourth-order valence-electron chi connectivity index (χ4n) is 3.44. The standard InChI is InChI=1S/C18H18N8O7S2Se.Na.H/c1-25-14(30)12(28)22-23-18(25)35-4-6-3-34-15-9(13(29)26(15)10(6)16(31)32)21-11(27)8(24-33-2)7-5-36-17(19)20-7;;/h5,9,15H,3-4H2,1-2H3,(H2,19,20)(H,21,27)(H,22,28)(H,31,32);;/q;+1;-1/b24-8-;;/t9-,15-;;/m1../s1. The number of carbonyl (C=O) groups excluding carboxylic acids is 2. The van der Waals surface area contributed by atoms with Crippen molar-refractivity contribution in [3.8, 4) is 0 Å². The molecule has 2 amide bonds. The quantitative estimate of drug-likeness (QED) is 0.0540. The van der Waals surface area contributed by atoms with Crippen molar-refractivity contribution < 1.29 is 55.3 Å². The molecule has 1 saturated heterocycles. The van der Waals surface area contributed by atoms with Crippen molar-refractivity contribution in [3.05, 3.63) is 42.6 Å². The van der Waals surface area contributed by atoms with Crippen LogP contribution in [-0.4, -0.2) is 97.8 Å². The number of aromatic amines is 1. The molecule has 2 aromatic rings. The molecule has 4 rings (SSSR count). The van der Waals surface area contributed by atoms with Gasteiger partial charge in [0, 0.05) is 7.05 Å². The molecule has 5 N–H and O–H groups in total. The minimum Gasteiger partial charge on any atom is -1.00 e. The molecule has 2 aliphatic rings. The van der Waals surface area contributed by atoms with Gasteiger partial charge in [-0.3, -0.25) is 14.2 Å². The summed E-state index contributed by atoms with van der Waals surface area (Å²) in [6, 6.07) is -0.983. The van der Waals surface area contributed by atoms with Crippen LogP contribution in [0.4, 0.5) is 4.69 Å². The first-order valence-corrected chi connectivity index (χ1v) is 13.8. The van der Waals surface area contributed by atoms with Gasteiger partial charge in [0.15, 0.2) is 5.16 Å². The molecule has 37 heavy (non-hydrogen) atoms. The van der Waals surface area contributed by atoms with Crippen molar-refractivity contribution in [3.63, 3.8) is 0 Å². The van der Waals surface area contributed by atoms with Gasteiger partial charge in [-0.05, 0) is 0 Å². The predicted molar refractivity (Wildman–Crippen MR) is 131 cm³/mol. The van der Waals surface area contributed by atoms with Gasteiger partial charge in [-0.25, -0.2) is 5.10 Å². The largest absolute Gasteiger partial charge is 1.00 e. The molecule has 15 nitrogen and oxygen atoms in total. The number of amides is 2. The van der Waals surface area contributed by atoms with Crippen molar-refractivity contribution >= 4 is 66.2 Å². The van der Waals surface area contributed by atoms with E-state index < -0.39 is 40.3 Å². The van der Waals surface area contributed by atoms with E-state index in [1.807, 2.05) is 0 Å². The molecule has 2 aliphatic heterocycles. The molecule has 0 aliphatic carbocycles. The zero-order chi connectivity index (χ0) is 26.1. The summed E-state index contributed by atoms with van der Waals surface area (Å²) in [7, 11) is 2.64. The summed E-state index contributed by atoms with van der Waals surface area (Å²) in [4.78, 5) is 72.6. The van der Waals surface area contributed by atoms with Gasteiger partial charge in [-0.15, -0.1) is 5.10 Å². The number of oxime groups is 1. The third-order valence-corrected chi connectivity index (χ3v) is 8.98. The van der Waals surface area contributed by atoms with Gasteiger partial charge in [0.05, 0.1) is 0 Å². The molecule has 0 spiro atoms. The minimum atomic E-state index is -1.30. The number of aromatic nitrogens is 4. The van der Waals surface area contributed by atoms with Crippen LogP contribution < -0.4 is 51.7 Å². The topological polar surface area (TPSA) is 215 Å². The molecule has 0 saturated carbocycles. The third-order valence-electron chi connectivity index (χ3n) is 5.11. The first-order valence-electron chi connectivity index (χ1n) is 9.96. The normalized spacial score (nSPS) is 19.0. The summed E-state index contributed by atoms with van der Waals surface area (Å²) < 4.78 is 1.42. The van der Waals surface area contributed by atoms with E-state index in [1.54, 1.807) is 4.94 Å². The molecule has 2 atom stereocenters. The number of anilines is 1. The number of thioether (sulfide) groups is 2. The Kier molecular flexibility index (Phi) is 9.49. The second kappa shape index (κ2) is 12.0. The second-order valence-corrected chi connectivity index (χ2v) is 11.2. The monoisotopic (exact) mass is 626 g/mol. The fraction of sp³-hybridized carbons (Fsp3) is 0.333. The Bertz CT molecular complexity index is 1440. The number of H-pyrrole nitrogens is 1. The number of carbonyl (C=O) groups is 3. The Labute approximate surface area is 245 Å². The summed E-state index contributed by atoms with van der Waals surface area (Å²) in [6.07, 6.45) is 0. The Morgan fingerprint density at radius 2 is 2.19 bits per heavy atom. The van der Waals surface area contributed by atoms with Gasteiger partial charge in [0.1, 0.15) is 0 Å². The summed E-state index contributed by atoms with van der Waals surface area (Å²) in [5.74, 6) is -2.25. The first-order chi connectivity index (χ1) is 17.1. The predicted octanol–water partition coefficient (Wildman–Crippen LogP) is -5.50. The second-order valence-electron chi connectivity index (χ2n) is 7.30. The smallest absolute Gasteiger partial charge is 1.00 e. The number of nitrogen functional groups attached to an aromatic ring is 1. The number of fused-ring (bicyclic) bond motifs is 1. The zero-order valence-electron chi connectivity index (χ0n) is 20.6. The van der Waals surface area contributed by atoms with Crippen molar-refractivity contribution in [2.75, 3.05) is 24.3 Å². The molecule has 0 unspecified atom stereocenters. The molecule has 192 valence electrons. The van der Waals surface area contributed by atoms with Gasteiger partial charge in [-0.1, -0.05) is 0 Å². The third kappa shape index (κ3) is 5.74. The number of nitrogens with one attached hydrogen (secondary N) is 2. The first kappa shape index (κ1) is 29.2. The molecule has 19 heteroatoms. The Balaban J connectivity index is 0.00000253. The van der Waals surface area contributed by atoms with Crippen LogP contribution in [0.2, 0.25) is 0 Å².